The maximum absolute atomic E-state index is 12.0. The van der Waals surface area contributed by atoms with E-state index in [0.717, 1.165) is 0 Å². The number of Topliss-reactive ketones (excluding diaryl/α,β-unsaturated/α-hetero) is 1. The van der Waals surface area contributed by atoms with Crippen LogP contribution in [0.2, 0.25) is 0 Å². The molecule has 0 bridgehead atoms. The van der Waals surface area contributed by atoms with E-state index in [1.807, 2.05) is 13.8 Å². The average molecular weight is 247 g/mol. The Morgan fingerprint density at radius 1 is 1.53 bits per heavy atom. The number of nitrogens with zero attached hydrogens (tertiary/aromatic N) is 1. The van der Waals surface area contributed by atoms with E-state index in [4.69, 9.17) is 0 Å². The van der Waals surface area contributed by atoms with Crippen LogP contribution < -0.4 is 0 Å². The monoisotopic (exact) mass is 247 g/mol. The van der Waals surface area contributed by atoms with Gasteiger partial charge in [0, 0.05) is 11.7 Å². The highest BCUT2D eigenvalue weighted by atomic mass is 32.2. The van der Waals surface area contributed by atoms with E-state index in [9.17, 15) is 9.59 Å². The molecule has 5 heteroatoms. The third-order valence-corrected chi connectivity index (χ3v) is 4.26. The molecule has 0 aromatic carbocycles. The van der Waals surface area contributed by atoms with Gasteiger partial charge in [-0.15, -0.1) is 11.8 Å². The van der Waals surface area contributed by atoms with Gasteiger partial charge < -0.3 is 4.90 Å². The Kier molecular flexibility index (Phi) is 3.76. The van der Waals surface area contributed by atoms with Crippen LogP contribution in [0.4, 0.5) is 0 Å². The fourth-order valence-electron chi connectivity index (χ4n) is 1.76. The third-order valence-electron chi connectivity index (χ3n) is 2.63. The van der Waals surface area contributed by atoms with Gasteiger partial charge in [0.1, 0.15) is 6.04 Å². The van der Waals surface area contributed by atoms with Crippen LogP contribution in [0.5, 0.6) is 0 Å². The molecule has 1 rings (SSSR count). The van der Waals surface area contributed by atoms with Crippen LogP contribution in [0.3, 0.4) is 0 Å². The second-order valence-corrected chi connectivity index (χ2v) is 6.72. The summed E-state index contributed by atoms with van der Waals surface area (Å²) in [6.07, 6.45) is 0. The van der Waals surface area contributed by atoms with Crippen molar-refractivity contribution in [3.8, 4) is 0 Å². The Bertz CT molecular complexity index is 289. The van der Waals surface area contributed by atoms with E-state index in [1.165, 1.54) is 6.92 Å². The zero-order valence-corrected chi connectivity index (χ0v) is 11.2. The van der Waals surface area contributed by atoms with E-state index in [1.54, 1.807) is 23.6 Å². The largest absolute Gasteiger partial charge is 0.322 e. The summed E-state index contributed by atoms with van der Waals surface area (Å²) in [5, 5.41) is -0.324. The number of thiol groups is 1. The fourth-order valence-corrected chi connectivity index (χ4v) is 3.11. The Labute approximate surface area is 100 Å². The SMILES string of the molecule is CC(=O)N1CSC(C)(C)[C@H]1C(=O)C(C)S. The van der Waals surface area contributed by atoms with Gasteiger partial charge in [0.25, 0.3) is 0 Å². The van der Waals surface area contributed by atoms with Crippen molar-refractivity contribution < 1.29 is 9.59 Å². The van der Waals surface area contributed by atoms with Crippen molar-refractivity contribution in [2.24, 2.45) is 0 Å². The van der Waals surface area contributed by atoms with E-state index >= 15 is 0 Å². The third kappa shape index (κ3) is 2.50. The molecular formula is C10H17NO2S2. The molecule has 0 aromatic heterocycles. The lowest BCUT2D eigenvalue weighted by molar-refractivity contribution is -0.136. The summed E-state index contributed by atoms with van der Waals surface area (Å²) < 4.78 is -0.209. The van der Waals surface area contributed by atoms with Crippen molar-refractivity contribution in [2.75, 3.05) is 5.88 Å². The first-order valence-electron chi connectivity index (χ1n) is 4.90. The normalized spacial score (nSPS) is 26.5. The molecule has 1 aliphatic rings. The molecule has 1 aliphatic heterocycles. The van der Waals surface area contributed by atoms with Crippen LogP contribution in [0.15, 0.2) is 0 Å². The first kappa shape index (κ1) is 12.9. The van der Waals surface area contributed by atoms with Crippen molar-refractivity contribution in [1.29, 1.82) is 0 Å². The molecule has 0 spiro atoms. The summed E-state index contributed by atoms with van der Waals surface area (Å²) in [6.45, 7) is 7.26. The number of carbonyl (C=O) groups excluding carboxylic acids is 2. The average Bonchev–Trinajstić information content (AvgIpc) is 2.39. The van der Waals surface area contributed by atoms with Crippen LogP contribution in [0.1, 0.15) is 27.7 Å². The molecule has 1 amide bonds. The topological polar surface area (TPSA) is 37.4 Å². The number of amides is 1. The molecule has 15 heavy (non-hydrogen) atoms. The van der Waals surface area contributed by atoms with Crippen molar-refractivity contribution in [1.82, 2.24) is 4.90 Å². The maximum atomic E-state index is 12.0. The van der Waals surface area contributed by atoms with Gasteiger partial charge in [-0.2, -0.15) is 12.6 Å². The predicted molar refractivity (Wildman–Crippen MR) is 66.3 cm³/mol. The number of hydrogen-bond acceptors (Lipinski definition) is 4. The Morgan fingerprint density at radius 3 is 2.47 bits per heavy atom. The van der Waals surface area contributed by atoms with E-state index < -0.39 is 0 Å². The van der Waals surface area contributed by atoms with Crippen molar-refractivity contribution >= 4 is 36.1 Å². The molecule has 86 valence electrons. The molecule has 0 aliphatic carbocycles. The zero-order chi connectivity index (χ0) is 11.8. The Balaban J connectivity index is 2.97. The standard InChI is InChI=1S/C10H17NO2S2/c1-6(14)8(13)9-10(3,4)15-5-11(9)7(2)12/h6,9,14H,5H2,1-4H3/t6?,9-/m1/s1. The van der Waals surface area contributed by atoms with Gasteiger partial charge in [-0.3, -0.25) is 9.59 Å². The Hall–Kier alpha value is -0.160. The first-order valence-corrected chi connectivity index (χ1v) is 6.40. The summed E-state index contributed by atoms with van der Waals surface area (Å²) in [5.74, 6) is 0.586. The summed E-state index contributed by atoms with van der Waals surface area (Å²) >= 11 is 5.80. The van der Waals surface area contributed by atoms with E-state index in [-0.39, 0.29) is 27.7 Å². The first-order chi connectivity index (χ1) is 6.77. The van der Waals surface area contributed by atoms with Crippen LogP contribution >= 0.6 is 24.4 Å². The molecule has 0 radical (unpaired) electrons. The van der Waals surface area contributed by atoms with Gasteiger partial charge in [-0.25, -0.2) is 0 Å². The minimum absolute atomic E-state index is 0.0310. The lowest BCUT2D eigenvalue weighted by atomic mass is 9.96. The van der Waals surface area contributed by atoms with E-state index in [0.29, 0.717) is 5.88 Å². The van der Waals surface area contributed by atoms with Gasteiger partial charge in [0.05, 0.1) is 11.1 Å². The lowest BCUT2D eigenvalue weighted by Crippen LogP contribution is -2.50. The predicted octanol–water partition coefficient (Wildman–Crippen LogP) is 1.57. The molecule has 1 saturated heterocycles. The smallest absolute Gasteiger partial charge is 0.220 e. The number of ketones is 1. The van der Waals surface area contributed by atoms with Crippen LogP contribution in [0, 0.1) is 0 Å². The molecule has 1 unspecified atom stereocenters. The second-order valence-electron chi connectivity index (χ2n) is 4.35. The van der Waals surface area contributed by atoms with Gasteiger partial charge in [-0.1, -0.05) is 0 Å². The molecule has 0 saturated carbocycles. The lowest BCUT2D eigenvalue weighted by Gasteiger charge is -2.30. The zero-order valence-electron chi connectivity index (χ0n) is 9.48. The van der Waals surface area contributed by atoms with Gasteiger partial charge in [0.2, 0.25) is 5.91 Å². The van der Waals surface area contributed by atoms with Crippen molar-refractivity contribution in [2.45, 2.75) is 43.7 Å². The fraction of sp³-hybridized carbons (Fsp3) is 0.800. The minimum atomic E-state index is -0.340. The minimum Gasteiger partial charge on any atom is -0.322 e. The molecule has 1 fully saturated rings. The number of thioether (sulfide) groups is 1. The number of hydrogen-bond donors (Lipinski definition) is 1. The van der Waals surface area contributed by atoms with Gasteiger partial charge in [-0.05, 0) is 20.8 Å². The van der Waals surface area contributed by atoms with Crippen molar-refractivity contribution in [3.05, 3.63) is 0 Å². The molecule has 1 heterocycles. The summed E-state index contributed by atoms with van der Waals surface area (Å²) in [4.78, 5) is 25.0. The molecule has 2 atom stereocenters. The van der Waals surface area contributed by atoms with Gasteiger partial charge in [0.15, 0.2) is 5.78 Å². The summed E-state index contributed by atoms with van der Waals surface area (Å²) in [7, 11) is 0. The van der Waals surface area contributed by atoms with Crippen LogP contribution in [0.25, 0.3) is 0 Å². The Morgan fingerprint density at radius 2 is 2.07 bits per heavy atom. The second kappa shape index (κ2) is 4.37. The quantitative estimate of drug-likeness (QED) is 0.753. The highest BCUT2D eigenvalue weighted by Gasteiger charge is 2.47. The highest BCUT2D eigenvalue weighted by Crippen LogP contribution is 2.40. The number of carbonyl (C=O) groups is 2. The maximum Gasteiger partial charge on any atom is 0.220 e. The van der Waals surface area contributed by atoms with Crippen LogP contribution in [-0.2, 0) is 9.59 Å². The molecule has 3 nitrogen and oxygen atoms in total. The number of rotatable bonds is 2. The molecular weight excluding hydrogens is 230 g/mol. The summed E-state index contributed by atoms with van der Waals surface area (Å²) in [5.41, 5.74) is 0. The van der Waals surface area contributed by atoms with E-state index in [2.05, 4.69) is 12.6 Å². The molecule has 0 N–H and O–H groups in total. The van der Waals surface area contributed by atoms with Crippen molar-refractivity contribution in [3.63, 3.8) is 0 Å². The molecule has 0 aromatic rings. The van der Waals surface area contributed by atoms with Crippen LogP contribution in [-0.4, -0.2) is 38.5 Å². The highest BCUT2D eigenvalue weighted by molar-refractivity contribution is 8.00. The van der Waals surface area contributed by atoms with Gasteiger partial charge >= 0.3 is 0 Å². The summed E-state index contributed by atoms with van der Waals surface area (Å²) in [6, 6.07) is -0.340.